The van der Waals surface area contributed by atoms with Crippen molar-refractivity contribution in [1.82, 2.24) is 10.3 Å². The molecule has 60 valence electrons. The van der Waals surface area contributed by atoms with E-state index >= 15 is 0 Å². The number of aromatic nitrogens is 1. The molecule has 1 amide bonds. The zero-order valence-corrected chi connectivity index (χ0v) is 7.36. The minimum Gasteiger partial charge on any atom is -0.351 e. The number of carbonyl (C=O) groups excluding carboxylic acids is 1. The van der Waals surface area contributed by atoms with Crippen LogP contribution in [-0.2, 0) is 11.3 Å². The van der Waals surface area contributed by atoms with E-state index in [-0.39, 0.29) is 5.91 Å². The fourth-order valence-corrected chi connectivity index (χ4v) is 1.42. The van der Waals surface area contributed by atoms with E-state index in [4.69, 9.17) is 0 Å². The third-order valence-electron chi connectivity index (χ3n) is 1.34. The summed E-state index contributed by atoms with van der Waals surface area (Å²) in [6.45, 7) is 4.05. The van der Waals surface area contributed by atoms with Crippen LogP contribution in [0.25, 0.3) is 0 Å². The molecule has 1 N–H and O–H groups in total. The summed E-state index contributed by atoms with van der Waals surface area (Å²) >= 11 is 1.57. The van der Waals surface area contributed by atoms with E-state index in [2.05, 4.69) is 10.3 Å². The Morgan fingerprint density at radius 3 is 3.00 bits per heavy atom. The Kier molecular flexibility index (Phi) is 2.59. The Hall–Kier alpha value is -0.900. The Labute approximate surface area is 69.5 Å². The van der Waals surface area contributed by atoms with Crippen LogP contribution in [0.3, 0.4) is 0 Å². The molecule has 0 radical (unpaired) electrons. The van der Waals surface area contributed by atoms with Gasteiger partial charge in [-0.2, -0.15) is 0 Å². The number of amides is 1. The second-order valence-corrected chi connectivity index (χ2v) is 3.21. The number of rotatable bonds is 2. The number of aryl methyl sites for hydroxylation is 1. The molecule has 1 rings (SSSR count). The van der Waals surface area contributed by atoms with Crippen LogP contribution in [0, 0.1) is 6.92 Å². The lowest BCUT2D eigenvalue weighted by molar-refractivity contribution is -0.119. The van der Waals surface area contributed by atoms with Crippen molar-refractivity contribution in [3.63, 3.8) is 0 Å². The first kappa shape index (κ1) is 8.20. The van der Waals surface area contributed by atoms with E-state index in [1.54, 1.807) is 16.8 Å². The first-order chi connectivity index (χ1) is 5.20. The van der Waals surface area contributed by atoms with Crippen molar-refractivity contribution < 1.29 is 4.79 Å². The highest BCUT2D eigenvalue weighted by Gasteiger charge is 2.00. The highest BCUT2D eigenvalue weighted by atomic mass is 32.1. The Balaban J connectivity index is 2.51. The molecule has 0 aromatic carbocycles. The van der Waals surface area contributed by atoms with E-state index < -0.39 is 0 Å². The summed E-state index contributed by atoms with van der Waals surface area (Å²) in [4.78, 5) is 15.7. The van der Waals surface area contributed by atoms with Gasteiger partial charge in [0.25, 0.3) is 0 Å². The predicted octanol–water partition coefficient (Wildman–Crippen LogP) is 1.09. The number of nitrogens with zero attached hydrogens (tertiary/aromatic N) is 1. The van der Waals surface area contributed by atoms with Crippen LogP contribution in [0.5, 0.6) is 0 Å². The minimum atomic E-state index is -0.00204. The smallest absolute Gasteiger partial charge is 0.217 e. The van der Waals surface area contributed by atoms with Gasteiger partial charge in [-0.05, 0) is 6.92 Å². The summed E-state index contributed by atoms with van der Waals surface area (Å²) in [7, 11) is 0. The molecule has 1 heterocycles. The third-order valence-corrected chi connectivity index (χ3v) is 2.28. The van der Waals surface area contributed by atoms with Gasteiger partial charge in [0.2, 0.25) is 5.91 Å². The predicted molar refractivity (Wildman–Crippen MR) is 44.4 cm³/mol. The van der Waals surface area contributed by atoms with Crippen molar-refractivity contribution in [2.75, 3.05) is 0 Å². The molecule has 11 heavy (non-hydrogen) atoms. The molecule has 0 fully saturated rings. The van der Waals surface area contributed by atoms with Crippen LogP contribution in [0.1, 0.15) is 17.5 Å². The van der Waals surface area contributed by atoms with E-state index in [9.17, 15) is 4.79 Å². The average molecular weight is 170 g/mol. The average Bonchev–Trinajstić information content (AvgIpc) is 2.31. The second kappa shape index (κ2) is 3.48. The molecule has 0 aliphatic rings. The molecule has 1 aromatic rings. The number of hydrogen-bond donors (Lipinski definition) is 1. The number of nitrogens with one attached hydrogen (secondary N) is 1. The van der Waals surface area contributed by atoms with Gasteiger partial charge in [-0.15, -0.1) is 11.3 Å². The normalized spacial score (nSPS) is 9.64. The van der Waals surface area contributed by atoms with Crippen LogP contribution < -0.4 is 5.32 Å². The Morgan fingerprint density at radius 2 is 2.55 bits per heavy atom. The van der Waals surface area contributed by atoms with E-state index in [0.29, 0.717) is 6.54 Å². The van der Waals surface area contributed by atoms with Crippen molar-refractivity contribution >= 4 is 17.2 Å². The van der Waals surface area contributed by atoms with Crippen LogP contribution in [0.4, 0.5) is 0 Å². The molecule has 3 nitrogen and oxygen atoms in total. The quantitative estimate of drug-likeness (QED) is 0.721. The van der Waals surface area contributed by atoms with Gasteiger partial charge in [-0.3, -0.25) is 4.79 Å². The molecular formula is C7H10N2OS. The van der Waals surface area contributed by atoms with E-state index in [1.165, 1.54) is 6.92 Å². The molecule has 0 aliphatic carbocycles. The lowest BCUT2D eigenvalue weighted by Gasteiger charge is -1.98. The summed E-state index contributed by atoms with van der Waals surface area (Å²) in [5.74, 6) is -0.00204. The first-order valence-electron chi connectivity index (χ1n) is 3.33. The van der Waals surface area contributed by atoms with Gasteiger partial charge in [0.15, 0.2) is 0 Å². The zero-order valence-electron chi connectivity index (χ0n) is 6.55. The lowest BCUT2D eigenvalue weighted by Crippen LogP contribution is -2.18. The van der Waals surface area contributed by atoms with Crippen LogP contribution in [0.2, 0.25) is 0 Å². The number of thiazole rings is 1. The molecule has 0 atom stereocenters. The van der Waals surface area contributed by atoms with Crippen LogP contribution in [0.15, 0.2) is 5.51 Å². The van der Waals surface area contributed by atoms with Crippen molar-refractivity contribution in [1.29, 1.82) is 0 Å². The van der Waals surface area contributed by atoms with Crippen molar-refractivity contribution in [3.8, 4) is 0 Å². The molecule has 0 saturated heterocycles. The van der Waals surface area contributed by atoms with Crippen molar-refractivity contribution in [2.45, 2.75) is 20.4 Å². The molecule has 0 aliphatic heterocycles. The highest BCUT2D eigenvalue weighted by molar-refractivity contribution is 7.09. The summed E-state index contributed by atoms with van der Waals surface area (Å²) in [6.07, 6.45) is 0. The molecule has 1 aromatic heterocycles. The van der Waals surface area contributed by atoms with Crippen molar-refractivity contribution in [2.24, 2.45) is 0 Å². The summed E-state index contributed by atoms with van der Waals surface area (Å²) in [5, 5.41) is 2.72. The zero-order chi connectivity index (χ0) is 8.27. The molecule has 0 spiro atoms. The fourth-order valence-electron chi connectivity index (χ4n) is 0.701. The first-order valence-corrected chi connectivity index (χ1v) is 4.21. The van der Waals surface area contributed by atoms with Gasteiger partial charge in [0, 0.05) is 11.8 Å². The number of carbonyl (C=O) groups is 1. The van der Waals surface area contributed by atoms with E-state index in [1.807, 2.05) is 6.92 Å². The van der Waals surface area contributed by atoms with Gasteiger partial charge in [-0.1, -0.05) is 0 Å². The van der Waals surface area contributed by atoms with Gasteiger partial charge in [-0.25, -0.2) is 4.98 Å². The van der Waals surface area contributed by atoms with Crippen LogP contribution >= 0.6 is 11.3 Å². The topological polar surface area (TPSA) is 42.0 Å². The highest BCUT2D eigenvalue weighted by Crippen LogP contribution is 2.10. The lowest BCUT2D eigenvalue weighted by atomic mass is 10.4. The Bertz CT molecular complexity index is 257. The minimum absolute atomic E-state index is 0.00204. The van der Waals surface area contributed by atoms with Crippen LogP contribution in [-0.4, -0.2) is 10.9 Å². The second-order valence-electron chi connectivity index (χ2n) is 2.27. The molecule has 0 bridgehead atoms. The van der Waals surface area contributed by atoms with E-state index in [0.717, 1.165) is 10.6 Å². The van der Waals surface area contributed by atoms with Gasteiger partial charge in [0.05, 0.1) is 17.7 Å². The monoisotopic (exact) mass is 170 g/mol. The number of hydrogen-bond acceptors (Lipinski definition) is 3. The molecule has 0 saturated carbocycles. The molecular weight excluding hydrogens is 160 g/mol. The Morgan fingerprint density at radius 1 is 1.82 bits per heavy atom. The summed E-state index contributed by atoms with van der Waals surface area (Å²) < 4.78 is 0. The van der Waals surface area contributed by atoms with Gasteiger partial charge < -0.3 is 5.32 Å². The summed E-state index contributed by atoms with van der Waals surface area (Å²) in [5.41, 5.74) is 2.79. The van der Waals surface area contributed by atoms with Crippen molar-refractivity contribution in [3.05, 3.63) is 16.1 Å². The third kappa shape index (κ3) is 2.31. The SMILES string of the molecule is CC(=O)NCc1scnc1C. The maximum Gasteiger partial charge on any atom is 0.217 e. The molecule has 0 unspecified atom stereocenters. The summed E-state index contributed by atoms with van der Waals surface area (Å²) in [6, 6.07) is 0. The largest absolute Gasteiger partial charge is 0.351 e. The standard InChI is InChI=1S/C7H10N2OS/c1-5-7(11-4-9-5)3-8-6(2)10/h4H,3H2,1-2H3,(H,8,10). The van der Waals surface area contributed by atoms with Gasteiger partial charge >= 0.3 is 0 Å². The van der Waals surface area contributed by atoms with Gasteiger partial charge in [0.1, 0.15) is 0 Å². The maximum atomic E-state index is 10.5. The fraction of sp³-hybridized carbons (Fsp3) is 0.429. The maximum absolute atomic E-state index is 10.5. The molecule has 4 heteroatoms.